The van der Waals surface area contributed by atoms with Gasteiger partial charge in [0.1, 0.15) is 18.5 Å². The van der Waals surface area contributed by atoms with Crippen molar-refractivity contribution in [2.75, 3.05) is 26.2 Å². The van der Waals surface area contributed by atoms with Gasteiger partial charge in [-0.1, -0.05) is 63.2 Å². The average molecular weight is 582 g/mol. The van der Waals surface area contributed by atoms with E-state index in [1.54, 1.807) is 12.1 Å². The second-order valence-electron chi connectivity index (χ2n) is 12.5. The van der Waals surface area contributed by atoms with Crippen LogP contribution in [0.25, 0.3) is 0 Å². The normalized spacial score (nSPS) is 22.3. The molecule has 4 rings (SSSR count). The minimum Gasteiger partial charge on any atom is -0.480 e. The zero-order chi connectivity index (χ0) is 30.1. The molecule has 0 spiro atoms. The molecule has 1 aliphatic heterocycles. The number of ether oxygens (including phenoxy) is 1. The molecule has 4 atom stereocenters. The van der Waals surface area contributed by atoms with Crippen LogP contribution in [0.2, 0.25) is 0 Å². The van der Waals surface area contributed by atoms with Gasteiger partial charge in [-0.15, -0.1) is 0 Å². The number of carbonyl (C=O) groups is 2. The number of rotatable bonds is 13. The Bertz CT molecular complexity index is 1120. The highest BCUT2D eigenvalue weighted by atomic mass is 19.1. The van der Waals surface area contributed by atoms with Gasteiger partial charge in [-0.2, -0.15) is 0 Å². The molecule has 2 aromatic rings. The number of amides is 1. The van der Waals surface area contributed by atoms with Gasteiger partial charge in [-0.3, -0.25) is 4.79 Å². The number of hydrogen-bond acceptors (Lipinski definition) is 5. The summed E-state index contributed by atoms with van der Waals surface area (Å²) in [7, 11) is 0. The average Bonchev–Trinajstić information content (AvgIpc) is 3.37. The zero-order valence-electron chi connectivity index (χ0n) is 25.4. The molecule has 1 saturated heterocycles. The quantitative estimate of drug-likeness (QED) is 0.289. The van der Waals surface area contributed by atoms with E-state index in [1.807, 2.05) is 11.0 Å². The molecule has 7 nitrogen and oxygen atoms in total. The zero-order valence-corrected chi connectivity index (χ0v) is 25.4. The number of carboxylic acids is 1. The summed E-state index contributed by atoms with van der Waals surface area (Å²) >= 11 is 0. The number of benzene rings is 2. The Morgan fingerprint density at radius 2 is 1.76 bits per heavy atom. The van der Waals surface area contributed by atoms with Gasteiger partial charge in [0.05, 0.1) is 0 Å². The molecule has 4 unspecified atom stereocenters. The number of hydrogen-bond donors (Lipinski definition) is 2. The first-order valence-electron chi connectivity index (χ1n) is 15.7. The maximum absolute atomic E-state index is 13.2. The summed E-state index contributed by atoms with van der Waals surface area (Å²) in [5.41, 5.74) is 2.10. The molecular weight excluding hydrogens is 533 g/mol. The maximum Gasteiger partial charge on any atom is 0.410 e. The lowest BCUT2D eigenvalue weighted by atomic mass is 9.88. The van der Waals surface area contributed by atoms with Crippen molar-refractivity contribution in [1.29, 1.82) is 0 Å². The molecule has 2 aliphatic rings. The van der Waals surface area contributed by atoms with Crippen molar-refractivity contribution in [3.05, 3.63) is 71.5 Å². The van der Waals surface area contributed by atoms with E-state index in [2.05, 4.69) is 55.3 Å². The van der Waals surface area contributed by atoms with Crippen molar-refractivity contribution in [1.82, 2.24) is 15.1 Å². The molecular formula is C34H48FN3O4. The van der Waals surface area contributed by atoms with Gasteiger partial charge in [0, 0.05) is 38.3 Å². The van der Waals surface area contributed by atoms with Gasteiger partial charge in [0.2, 0.25) is 0 Å². The molecule has 0 bridgehead atoms. The Labute approximate surface area is 250 Å². The molecule has 1 amide bonds. The van der Waals surface area contributed by atoms with Crippen LogP contribution < -0.4 is 5.32 Å². The molecule has 1 heterocycles. The molecule has 42 heavy (non-hydrogen) atoms. The van der Waals surface area contributed by atoms with Crippen LogP contribution in [0.15, 0.2) is 54.6 Å². The lowest BCUT2D eigenvalue weighted by Crippen LogP contribution is -2.48. The fourth-order valence-corrected chi connectivity index (χ4v) is 6.79. The fourth-order valence-electron chi connectivity index (χ4n) is 6.79. The van der Waals surface area contributed by atoms with Crippen LogP contribution in [0, 0.1) is 17.7 Å². The third kappa shape index (κ3) is 9.01. The lowest BCUT2D eigenvalue weighted by molar-refractivity contribution is -0.140. The van der Waals surface area contributed by atoms with Crippen LogP contribution >= 0.6 is 0 Å². The Morgan fingerprint density at radius 1 is 1.07 bits per heavy atom. The summed E-state index contributed by atoms with van der Waals surface area (Å²) in [6.45, 7) is 9.79. The molecule has 230 valence electrons. The monoisotopic (exact) mass is 581 g/mol. The van der Waals surface area contributed by atoms with Crippen molar-refractivity contribution in [3.8, 4) is 0 Å². The van der Waals surface area contributed by atoms with Crippen molar-refractivity contribution in [2.24, 2.45) is 11.8 Å². The predicted octanol–water partition coefficient (Wildman–Crippen LogP) is 6.29. The molecule has 2 aromatic carbocycles. The number of piperidine rings is 1. The maximum atomic E-state index is 13.2. The lowest BCUT2D eigenvalue weighted by Gasteiger charge is -2.39. The van der Waals surface area contributed by atoms with Gasteiger partial charge in [0.25, 0.3) is 0 Å². The van der Waals surface area contributed by atoms with Crippen LogP contribution in [-0.2, 0) is 16.1 Å². The highest BCUT2D eigenvalue weighted by molar-refractivity contribution is 5.73. The van der Waals surface area contributed by atoms with E-state index in [-0.39, 0.29) is 30.6 Å². The second kappa shape index (κ2) is 15.5. The van der Waals surface area contributed by atoms with Crippen LogP contribution in [-0.4, -0.2) is 71.3 Å². The van der Waals surface area contributed by atoms with Gasteiger partial charge >= 0.3 is 12.1 Å². The second-order valence-corrected chi connectivity index (χ2v) is 12.5. The van der Waals surface area contributed by atoms with Crippen molar-refractivity contribution < 1.29 is 23.8 Å². The number of aliphatic carboxylic acids is 1. The van der Waals surface area contributed by atoms with Gasteiger partial charge in [0.15, 0.2) is 0 Å². The van der Waals surface area contributed by atoms with E-state index < -0.39 is 12.0 Å². The Balaban J connectivity index is 1.34. The number of likely N-dealkylation sites (tertiary alicyclic amines) is 1. The highest BCUT2D eigenvalue weighted by Gasteiger charge is 2.39. The molecule has 8 heteroatoms. The van der Waals surface area contributed by atoms with E-state index in [0.29, 0.717) is 30.7 Å². The summed E-state index contributed by atoms with van der Waals surface area (Å²) in [6, 6.07) is 16.5. The molecule has 2 fully saturated rings. The minimum absolute atomic E-state index is 0.135. The molecule has 0 radical (unpaired) electrons. The van der Waals surface area contributed by atoms with Crippen molar-refractivity contribution in [2.45, 2.75) is 89.9 Å². The topological polar surface area (TPSA) is 82.1 Å². The van der Waals surface area contributed by atoms with Crippen LogP contribution in [0.4, 0.5) is 9.18 Å². The molecule has 1 saturated carbocycles. The molecule has 2 N–H and O–H groups in total. The van der Waals surface area contributed by atoms with E-state index in [9.17, 15) is 19.1 Å². The Morgan fingerprint density at radius 3 is 2.38 bits per heavy atom. The highest BCUT2D eigenvalue weighted by Crippen LogP contribution is 2.41. The molecule has 1 aliphatic carbocycles. The van der Waals surface area contributed by atoms with Gasteiger partial charge < -0.3 is 25.0 Å². The summed E-state index contributed by atoms with van der Waals surface area (Å²) in [5.74, 6) is 0.0580. The van der Waals surface area contributed by atoms with E-state index in [0.717, 1.165) is 57.3 Å². The summed E-state index contributed by atoms with van der Waals surface area (Å²) in [5, 5.41) is 13.3. The van der Waals surface area contributed by atoms with Crippen molar-refractivity contribution >= 4 is 12.1 Å². The number of carboxylic acid groups (broad SMARTS) is 1. The van der Waals surface area contributed by atoms with Crippen LogP contribution in [0.3, 0.4) is 0 Å². The summed E-state index contributed by atoms with van der Waals surface area (Å²) in [4.78, 5) is 29.4. The standard InChI is InChI=1S/C34H48FN3O4/c1-4-16-38(34(41)42-23-25-10-12-28(35)13-11-25)30-14-17-37(18-15-30)22-27-20-29(36-32(33(39)40)19-24(2)3)21-31(27)26-8-6-5-7-9-26/h5-13,24,27,29-32,36H,4,14-23H2,1-3H3,(H,39,40). The third-order valence-corrected chi connectivity index (χ3v) is 8.83. The summed E-state index contributed by atoms with van der Waals surface area (Å²) < 4.78 is 18.8. The minimum atomic E-state index is -0.765. The third-order valence-electron chi connectivity index (χ3n) is 8.83. The van der Waals surface area contributed by atoms with Gasteiger partial charge in [-0.05, 0) is 79.5 Å². The Hall–Kier alpha value is -2.97. The first kappa shape index (κ1) is 32.0. The first-order chi connectivity index (χ1) is 20.2. The van der Waals surface area contributed by atoms with E-state index >= 15 is 0 Å². The predicted molar refractivity (Wildman–Crippen MR) is 163 cm³/mol. The van der Waals surface area contributed by atoms with Crippen LogP contribution in [0.1, 0.15) is 76.3 Å². The largest absolute Gasteiger partial charge is 0.480 e. The SMILES string of the molecule is CCCN(C(=O)OCc1ccc(F)cc1)C1CCN(CC2CC(NC(CC(C)C)C(=O)O)CC2c2ccccc2)CC1. The number of nitrogens with one attached hydrogen (secondary N) is 1. The fraction of sp³-hybridized carbons (Fsp3) is 0.588. The van der Waals surface area contributed by atoms with Crippen LogP contribution in [0.5, 0.6) is 0 Å². The number of halogens is 1. The number of nitrogens with zero attached hydrogens (tertiary/aromatic N) is 2. The smallest absolute Gasteiger partial charge is 0.410 e. The van der Waals surface area contributed by atoms with Gasteiger partial charge in [-0.25, -0.2) is 9.18 Å². The summed E-state index contributed by atoms with van der Waals surface area (Å²) in [6.07, 6.45) is 4.87. The Kier molecular flexibility index (Phi) is 11.8. The number of carbonyl (C=O) groups excluding carboxylic acids is 1. The van der Waals surface area contributed by atoms with E-state index in [4.69, 9.17) is 4.74 Å². The molecule has 0 aromatic heterocycles. The first-order valence-corrected chi connectivity index (χ1v) is 15.7. The van der Waals surface area contributed by atoms with E-state index in [1.165, 1.54) is 17.7 Å². The van der Waals surface area contributed by atoms with Crippen molar-refractivity contribution in [3.63, 3.8) is 0 Å².